The lowest BCUT2D eigenvalue weighted by Gasteiger charge is -2.19. The van der Waals surface area contributed by atoms with Crippen LogP contribution in [0, 0.1) is 0 Å². The van der Waals surface area contributed by atoms with Gasteiger partial charge in [0.15, 0.2) is 0 Å². The molecular formula is C16H24O2S. The van der Waals surface area contributed by atoms with Gasteiger partial charge >= 0.3 is 0 Å². The second-order valence-corrected chi connectivity index (χ2v) is 6.32. The third kappa shape index (κ3) is 7.28. The highest BCUT2D eigenvalue weighted by Gasteiger charge is 2.09. The van der Waals surface area contributed by atoms with E-state index in [4.69, 9.17) is 9.47 Å². The molecule has 0 aliphatic heterocycles. The molecule has 2 nitrogen and oxygen atoms in total. The van der Waals surface area contributed by atoms with Gasteiger partial charge in [0, 0.05) is 4.90 Å². The van der Waals surface area contributed by atoms with Crippen LogP contribution in [-0.4, -0.2) is 25.1 Å². The summed E-state index contributed by atoms with van der Waals surface area (Å²) in [6.45, 7) is 9.47. The first-order valence-electron chi connectivity index (χ1n) is 6.47. The van der Waals surface area contributed by atoms with Gasteiger partial charge in [-0.25, -0.2) is 0 Å². The van der Waals surface area contributed by atoms with Crippen molar-refractivity contribution in [2.24, 2.45) is 0 Å². The molecule has 0 bridgehead atoms. The summed E-state index contributed by atoms with van der Waals surface area (Å²) in [5.74, 6) is 0.901. The molecule has 0 aliphatic rings. The molecule has 0 aliphatic carbocycles. The highest BCUT2D eigenvalue weighted by Crippen LogP contribution is 2.19. The fourth-order valence-electron chi connectivity index (χ4n) is 1.34. The van der Waals surface area contributed by atoms with Gasteiger partial charge in [-0.2, -0.15) is 0 Å². The molecule has 106 valence electrons. The minimum Gasteiger partial charge on any atom is -0.490 e. The van der Waals surface area contributed by atoms with Crippen molar-refractivity contribution in [3.05, 3.63) is 35.9 Å². The quantitative estimate of drug-likeness (QED) is 0.562. The van der Waals surface area contributed by atoms with E-state index in [1.165, 1.54) is 10.5 Å². The summed E-state index contributed by atoms with van der Waals surface area (Å²) in [5, 5.41) is 0. The molecule has 0 saturated carbocycles. The molecule has 19 heavy (non-hydrogen) atoms. The van der Waals surface area contributed by atoms with Crippen molar-refractivity contribution in [1.29, 1.82) is 0 Å². The van der Waals surface area contributed by atoms with E-state index in [0.29, 0.717) is 13.2 Å². The Labute approximate surface area is 121 Å². The first kappa shape index (κ1) is 16.1. The van der Waals surface area contributed by atoms with E-state index in [0.717, 1.165) is 5.75 Å². The molecule has 0 radical (unpaired) electrons. The van der Waals surface area contributed by atoms with Crippen LogP contribution in [-0.2, 0) is 4.74 Å². The number of ether oxygens (including phenoxy) is 2. The van der Waals surface area contributed by atoms with Crippen LogP contribution in [0.1, 0.15) is 27.7 Å². The van der Waals surface area contributed by atoms with E-state index in [2.05, 4.69) is 52.2 Å². The van der Waals surface area contributed by atoms with Crippen LogP contribution in [0.3, 0.4) is 0 Å². The summed E-state index contributed by atoms with van der Waals surface area (Å²) in [5.41, 5.74) is 1.10. The van der Waals surface area contributed by atoms with Gasteiger partial charge < -0.3 is 9.47 Å². The van der Waals surface area contributed by atoms with Gasteiger partial charge in [0.1, 0.15) is 12.4 Å². The van der Waals surface area contributed by atoms with E-state index in [-0.39, 0.29) is 5.60 Å². The first-order valence-corrected chi connectivity index (χ1v) is 7.69. The van der Waals surface area contributed by atoms with Gasteiger partial charge in [0.05, 0.1) is 12.2 Å². The van der Waals surface area contributed by atoms with Crippen molar-refractivity contribution in [2.75, 3.05) is 19.5 Å². The van der Waals surface area contributed by atoms with Crippen molar-refractivity contribution in [3.8, 4) is 5.75 Å². The molecule has 0 spiro atoms. The number of benzene rings is 1. The van der Waals surface area contributed by atoms with Gasteiger partial charge in [-0.1, -0.05) is 0 Å². The summed E-state index contributed by atoms with van der Waals surface area (Å²) in [7, 11) is 0. The second-order valence-electron chi connectivity index (χ2n) is 5.44. The average molecular weight is 280 g/mol. The minimum absolute atomic E-state index is 0.0936. The molecule has 0 amide bonds. The largest absolute Gasteiger partial charge is 0.490 e. The number of rotatable bonds is 6. The lowest BCUT2D eigenvalue weighted by molar-refractivity contribution is 0.0110. The van der Waals surface area contributed by atoms with Gasteiger partial charge in [-0.3, -0.25) is 0 Å². The third-order valence-electron chi connectivity index (χ3n) is 2.47. The first-order chi connectivity index (χ1) is 8.90. The highest BCUT2D eigenvalue weighted by atomic mass is 32.2. The van der Waals surface area contributed by atoms with Crippen molar-refractivity contribution in [3.63, 3.8) is 0 Å². The Hall–Kier alpha value is -0.930. The maximum atomic E-state index is 5.70. The van der Waals surface area contributed by atoms with Gasteiger partial charge in [-0.05, 0) is 69.9 Å². The minimum atomic E-state index is -0.0936. The predicted molar refractivity (Wildman–Crippen MR) is 83.2 cm³/mol. The molecular weight excluding hydrogens is 256 g/mol. The molecule has 1 aromatic carbocycles. The van der Waals surface area contributed by atoms with Crippen molar-refractivity contribution >= 4 is 11.8 Å². The molecule has 0 aromatic heterocycles. The topological polar surface area (TPSA) is 18.5 Å². The van der Waals surface area contributed by atoms with E-state index < -0.39 is 0 Å². The van der Waals surface area contributed by atoms with Crippen LogP contribution in [0.5, 0.6) is 5.75 Å². The van der Waals surface area contributed by atoms with Crippen LogP contribution < -0.4 is 4.74 Å². The average Bonchev–Trinajstić information content (AvgIpc) is 2.36. The Kier molecular flexibility index (Phi) is 6.46. The molecule has 0 atom stereocenters. The van der Waals surface area contributed by atoms with E-state index in [1.54, 1.807) is 11.8 Å². The summed E-state index contributed by atoms with van der Waals surface area (Å²) in [6, 6.07) is 8.14. The lowest BCUT2D eigenvalue weighted by atomic mass is 10.2. The molecule has 1 rings (SSSR count). The fraction of sp³-hybridized carbons (Fsp3) is 0.500. The maximum absolute atomic E-state index is 5.70. The third-order valence-corrected chi connectivity index (χ3v) is 3.22. The Morgan fingerprint density at radius 1 is 1.21 bits per heavy atom. The van der Waals surface area contributed by atoms with Crippen LogP contribution in [0.2, 0.25) is 0 Å². The maximum Gasteiger partial charge on any atom is 0.119 e. The zero-order valence-electron chi connectivity index (χ0n) is 12.5. The molecule has 0 unspecified atom stereocenters. The normalized spacial score (nSPS) is 12.6. The summed E-state index contributed by atoms with van der Waals surface area (Å²) < 4.78 is 11.4. The zero-order chi connectivity index (χ0) is 14.3. The Morgan fingerprint density at radius 3 is 2.37 bits per heavy atom. The molecule has 0 saturated heterocycles. The smallest absolute Gasteiger partial charge is 0.119 e. The Morgan fingerprint density at radius 2 is 1.84 bits per heavy atom. The molecule has 0 fully saturated rings. The number of thioether (sulfide) groups is 1. The number of hydrogen-bond acceptors (Lipinski definition) is 3. The van der Waals surface area contributed by atoms with Crippen molar-refractivity contribution in [2.45, 2.75) is 38.2 Å². The summed E-state index contributed by atoms with van der Waals surface area (Å²) >= 11 is 1.73. The van der Waals surface area contributed by atoms with Gasteiger partial charge in [0.2, 0.25) is 0 Å². The highest BCUT2D eigenvalue weighted by molar-refractivity contribution is 7.98. The Bertz CT molecular complexity index is 402. The summed E-state index contributed by atoms with van der Waals surface area (Å²) in [4.78, 5) is 1.25. The number of hydrogen-bond donors (Lipinski definition) is 0. The molecule has 1 aromatic rings. The van der Waals surface area contributed by atoms with Gasteiger partial charge in [-0.15, -0.1) is 11.8 Å². The predicted octanol–water partition coefficient (Wildman–Crippen LogP) is 4.55. The molecule has 0 N–H and O–H groups in total. The van der Waals surface area contributed by atoms with Crippen molar-refractivity contribution in [1.82, 2.24) is 0 Å². The van der Waals surface area contributed by atoms with Gasteiger partial charge in [0.25, 0.3) is 0 Å². The zero-order valence-corrected chi connectivity index (χ0v) is 13.3. The SMILES string of the molecule is CSc1ccc(OC/C=C(\C)COC(C)(C)C)cc1. The van der Waals surface area contributed by atoms with E-state index >= 15 is 0 Å². The standard InChI is InChI=1S/C16H24O2S/c1-13(12-18-16(2,3)4)10-11-17-14-6-8-15(19-5)9-7-14/h6-10H,11-12H2,1-5H3/b13-10+. The van der Waals surface area contributed by atoms with Crippen LogP contribution in [0.15, 0.2) is 40.8 Å². The monoisotopic (exact) mass is 280 g/mol. The fourth-order valence-corrected chi connectivity index (χ4v) is 1.75. The van der Waals surface area contributed by atoms with Crippen molar-refractivity contribution < 1.29 is 9.47 Å². The molecule has 3 heteroatoms. The lowest BCUT2D eigenvalue weighted by Crippen LogP contribution is -2.20. The van der Waals surface area contributed by atoms with Crippen LogP contribution in [0.4, 0.5) is 0 Å². The van der Waals surface area contributed by atoms with E-state index in [9.17, 15) is 0 Å². The Balaban J connectivity index is 2.35. The molecule has 0 heterocycles. The van der Waals surface area contributed by atoms with Crippen LogP contribution >= 0.6 is 11.8 Å². The summed E-state index contributed by atoms with van der Waals surface area (Å²) in [6.07, 6.45) is 4.13. The second kappa shape index (κ2) is 7.61. The van der Waals surface area contributed by atoms with E-state index in [1.807, 2.05) is 12.1 Å². The van der Waals surface area contributed by atoms with Crippen LogP contribution in [0.25, 0.3) is 0 Å².